The van der Waals surface area contributed by atoms with E-state index in [2.05, 4.69) is 0 Å². The number of nitrogens with zero attached hydrogens (tertiary/aromatic N) is 1. The number of piperidine rings is 1. The quantitative estimate of drug-likeness (QED) is 0.764. The Morgan fingerprint density at radius 1 is 1.00 bits per heavy atom. The molecular formula is C14H14F5NO. The highest BCUT2D eigenvalue weighted by molar-refractivity contribution is 5.84. The van der Waals surface area contributed by atoms with Crippen LogP contribution in [-0.4, -0.2) is 30.1 Å². The van der Waals surface area contributed by atoms with Crippen LogP contribution in [0.2, 0.25) is 0 Å². The van der Waals surface area contributed by atoms with Crippen LogP contribution in [0.15, 0.2) is 18.2 Å². The second-order valence-electron chi connectivity index (χ2n) is 5.06. The molecule has 116 valence electrons. The molecule has 0 aliphatic carbocycles. The zero-order valence-corrected chi connectivity index (χ0v) is 11.1. The molecule has 1 aliphatic heterocycles. The Morgan fingerprint density at radius 2 is 1.52 bits per heavy atom. The molecule has 7 heteroatoms. The van der Waals surface area contributed by atoms with Crippen LogP contribution in [0, 0.1) is 11.6 Å². The van der Waals surface area contributed by atoms with Crippen LogP contribution < -0.4 is 0 Å². The average Bonchev–Trinajstić information content (AvgIpc) is 2.37. The molecule has 1 aliphatic rings. The third-order valence-corrected chi connectivity index (χ3v) is 3.46. The standard InChI is InChI=1S/C14H14F5NO/c15-10-6-9(7-11(16)8-10)12(14(17,18)19)13(21)20-4-2-1-3-5-20/h6-8,12H,1-5H2. The molecule has 0 radical (unpaired) electrons. The van der Waals surface area contributed by atoms with Crippen molar-refractivity contribution in [2.45, 2.75) is 31.4 Å². The fourth-order valence-corrected chi connectivity index (χ4v) is 2.51. The summed E-state index contributed by atoms with van der Waals surface area (Å²) in [5.74, 6) is -5.94. The fourth-order valence-electron chi connectivity index (χ4n) is 2.51. The van der Waals surface area contributed by atoms with Crippen molar-refractivity contribution >= 4 is 5.91 Å². The number of likely N-dealkylation sites (tertiary alicyclic amines) is 1. The van der Waals surface area contributed by atoms with Crippen molar-refractivity contribution in [3.05, 3.63) is 35.4 Å². The molecule has 1 unspecified atom stereocenters. The van der Waals surface area contributed by atoms with Crippen LogP contribution in [0.4, 0.5) is 22.0 Å². The van der Waals surface area contributed by atoms with Gasteiger partial charge in [-0.1, -0.05) is 0 Å². The molecule has 1 aromatic rings. The first kappa shape index (κ1) is 15.7. The Balaban J connectivity index is 2.36. The first-order chi connectivity index (χ1) is 9.79. The first-order valence-corrected chi connectivity index (χ1v) is 6.60. The maximum absolute atomic E-state index is 13.2. The summed E-state index contributed by atoms with van der Waals surface area (Å²) in [7, 11) is 0. The number of amides is 1. The molecule has 0 aromatic heterocycles. The second-order valence-corrected chi connectivity index (χ2v) is 5.06. The van der Waals surface area contributed by atoms with Gasteiger partial charge in [0.1, 0.15) is 11.6 Å². The Kier molecular flexibility index (Phi) is 4.49. The van der Waals surface area contributed by atoms with Crippen molar-refractivity contribution in [2.24, 2.45) is 0 Å². The van der Waals surface area contributed by atoms with Crippen LogP contribution in [0.3, 0.4) is 0 Å². The Hall–Kier alpha value is -1.66. The molecular weight excluding hydrogens is 293 g/mol. The largest absolute Gasteiger partial charge is 0.404 e. The topological polar surface area (TPSA) is 20.3 Å². The van der Waals surface area contributed by atoms with E-state index in [0.29, 0.717) is 31.0 Å². The van der Waals surface area contributed by atoms with Gasteiger partial charge in [-0.25, -0.2) is 8.78 Å². The fraction of sp³-hybridized carbons (Fsp3) is 0.500. The number of rotatable bonds is 2. The normalized spacial score (nSPS) is 17.7. The highest BCUT2D eigenvalue weighted by atomic mass is 19.4. The van der Waals surface area contributed by atoms with E-state index in [1.165, 1.54) is 0 Å². The zero-order valence-electron chi connectivity index (χ0n) is 11.1. The van der Waals surface area contributed by atoms with E-state index in [1.54, 1.807) is 0 Å². The summed E-state index contributed by atoms with van der Waals surface area (Å²) < 4.78 is 65.8. The number of halogens is 5. The predicted molar refractivity (Wildman–Crippen MR) is 65.6 cm³/mol. The first-order valence-electron chi connectivity index (χ1n) is 6.60. The Bertz CT molecular complexity index is 502. The van der Waals surface area contributed by atoms with Gasteiger partial charge in [-0.15, -0.1) is 0 Å². The van der Waals surface area contributed by atoms with Crippen LogP contribution in [0.1, 0.15) is 30.7 Å². The molecule has 0 saturated carbocycles. The monoisotopic (exact) mass is 307 g/mol. The lowest BCUT2D eigenvalue weighted by atomic mass is 9.95. The summed E-state index contributed by atoms with van der Waals surface area (Å²) in [4.78, 5) is 13.2. The molecule has 2 nitrogen and oxygen atoms in total. The smallest absolute Gasteiger partial charge is 0.342 e. The number of hydrogen-bond acceptors (Lipinski definition) is 1. The van der Waals surface area contributed by atoms with Gasteiger partial charge >= 0.3 is 6.18 Å². The van der Waals surface area contributed by atoms with Crippen molar-refractivity contribution in [1.29, 1.82) is 0 Å². The summed E-state index contributed by atoms with van der Waals surface area (Å²) in [6.07, 6.45) is -2.77. The molecule has 21 heavy (non-hydrogen) atoms. The van der Waals surface area contributed by atoms with Gasteiger partial charge in [-0.3, -0.25) is 4.79 Å². The molecule has 2 rings (SSSR count). The lowest BCUT2D eigenvalue weighted by Crippen LogP contribution is -2.43. The van der Waals surface area contributed by atoms with Gasteiger partial charge in [-0.05, 0) is 37.0 Å². The number of carbonyl (C=O) groups excluding carboxylic acids is 1. The van der Waals surface area contributed by atoms with Crippen molar-refractivity contribution in [2.75, 3.05) is 13.1 Å². The number of alkyl halides is 3. The lowest BCUT2D eigenvalue weighted by molar-refractivity contribution is -0.172. The maximum atomic E-state index is 13.2. The van der Waals surface area contributed by atoms with Gasteiger partial charge in [0.25, 0.3) is 0 Å². The third kappa shape index (κ3) is 3.71. The average molecular weight is 307 g/mol. The highest BCUT2D eigenvalue weighted by Gasteiger charge is 2.48. The SMILES string of the molecule is O=C(C(c1cc(F)cc(F)c1)C(F)(F)F)N1CCCCC1. The number of hydrogen-bond donors (Lipinski definition) is 0. The second kappa shape index (κ2) is 5.99. The van der Waals surface area contributed by atoms with E-state index in [1.807, 2.05) is 0 Å². The van der Waals surface area contributed by atoms with Crippen molar-refractivity contribution < 1.29 is 26.7 Å². The number of carbonyl (C=O) groups is 1. The van der Waals surface area contributed by atoms with Crippen molar-refractivity contribution in [1.82, 2.24) is 4.90 Å². The van der Waals surface area contributed by atoms with Gasteiger partial charge in [-0.2, -0.15) is 13.2 Å². The molecule has 1 saturated heterocycles. The van der Waals surface area contributed by atoms with Crippen molar-refractivity contribution in [3.63, 3.8) is 0 Å². The van der Waals surface area contributed by atoms with Gasteiger partial charge in [0.15, 0.2) is 5.92 Å². The molecule has 1 fully saturated rings. The maximum Gasteiger partial charge on any atom is 0.404 e. The highest BCUT2D eigenvalue weighted by Crippen LogP contribution is 2.37. The molecule has 0 bridgehead atoms. The van der Waals surface area contributed by atoms with Crippen LogP contribution in [0.25, 0.3) is 0 Å². The Morgan fingerprint density at radius 3 is 2.00 bits per heavy atom. The van der Waals surface area contributed by atoms with Gasteiger partial charge < -0.3 is 4.90 Å². The molecule has 1 atom stereocenters. The van der Waals surface area contributed by atoms with Crippen LogP contribution >= 0.6 is 0 Å². The molecule has 1 heterocycles. The summed E-state index contributed by atoms with van der Waals surface area (Å²) >= 11 is 0. The van der Waals surface area contributed by atoms with E-state index in [9.17, 15) is 26.7 Å². The molecule has 1 amide bonds. The number of benzene rings is 1. The van der Waals surface area contributed by atoms with Crippen LogP contribution in [0.5, 0.6) is 0 Å². The minimum absolute atomic E-state index is 0.239. The van der Waals surface area contributed by atoms with Gasteiger partial charge in [0.05, 0.1) is 0 Å². The summed E-state index contributed by atoms with van der Waals surface area (Å²) in [6, 6.07) is 1.59. The minimum Gasteiger partial charge on any atom is -0.342 e. The predicted octanol–water partition coefficient (Wildman–Crippen LogP) is 3.62. The van der Waals surface area contributed by atoms with Gasteiger partial charge in [0.2, 0.25) is 5.91 Å². The van der Waals surface area contributed by atoms with E-state index in [4.69, 9.17) is 0 Å². The Labute approximate surface area is 118 Å². The summed E-state index contributed by atoms with van der Waals surface area (Å²) in [5, 5.41) is 0. The van der Waals surface area contributed by atoms with E-state index >= 15 is 0 Å². The lowest BCUT2D eigenvalue weighted by Gasteiger charge is -2.31. The van der Waals surface area contributed by atoms with E-state index in [-0.39, 0.29) is 13.1 Å². The summed E-state index contributed by atoms with van der Waals surface area (Å²) in [5.41, 5.74) is -0.699. The van der Waals surface area contributed by atoms with Gasteiger partial charge in [0, 0.05) is 19.2 Å². The van der Waals surface area contributed by atoms with Crippen LogP contribution in [-0.2, 0) is 4.79 Å². The van der Waals surface area contributed by atoms with E-state index in [0.717, 1.165) is 11.3 Å². The molecule has 0 N–H and O–H groups in total. The molecule has 1 aromatic carbocycles. The third-order valence-electron chi connectivity index (χ3n) is 3.46. The minimum atomic E-state index is -4.89. The molecule has 0 spiro atoms. The summed E-state index contributed by atoms with van der Waals surface area (Å²) in [6.45, 7) is 0.479. The zero-order chi connectivity index (χ0) is 15.6. The van der Waals surface area contributed by atoms with E-state index < -0.39 is 35.2 Å². The van der Waals surface area contributed by atoms with Crippen molar-refractivity contribution in [3.8, 4) is 0 Å².